The molecule has 0 spiro atoms. The van der Waals surface area contributed by atoms with Crippen LogP contribution in [-0.2, 0) is 9.53 Å². The molecule has 1 amide bonds. The number of methoxy groups -OCH3 is 1. The van der Waals surface area contributed by atoms with Crippen molar-refractivity contribution in [1.82, 2.24) is 10.2 Å². The Bertz CT molecular complexity index is 240. The first-order valence-electron chi connectivity index (χ1n) is 7.18. The topological polar surface area (TPSA) is 41.6 Å². The molecule has 1 N–H and O–H groups in total. The average Bonchev–Trinajstić information content (AvgIpc) is 2.37. The zero-order chi connectivity index (χ0) is 13.4. The SMILES string of the molecule is CCCN(C(=O)CC(C)COC)C1CCNCC1. The van der Waals surface area contributed by atoms with Crippen molar-refractivity contribution in [2.24, 2.45) is 5.92 Å². The summed E-state index contributed by atoms with van der Waals surface area (Å²) in [7, 11) is 1.69. The molecule has 1 rings (SSSR count). The maximum Gasteiger partial charge on any atom is 0.223 e. The molecule has 0 saturated carbocycles. The minimum absolute atomic E-state index is 0.299. The molecule has 18 heavy (non-hydrogen) atoms. The molecule has 1 aliphatic rings. The highest BCUT2D eigenvalue weighted by molar-refractivity contribution is 5.76. The second-order valence-corrected chi connectivity index (χ2v) is 5.33. The molecule has 0 aromatic heterocycles. The Kier molecular flexibility index (Phi) is 7.28. The minimum atomic E-state index is 0.299. The van der Waals surface area contributed by atoms with Gasteiger partial charge in [-0.15, -0.1) is 0 Å². The Hall–Kier alpha value is -0.610. The maximum atomic E-state index is 12.4. The van der Waals surface area contributed by atoms with Crippen LogP contribution < -0.4 is 5.32 Å². The second kappa shape index (κ2) is 8.48. The van der Waals surface area contributed by atoms with Crippen LogP contribution in [0, 0.1) is 5.92 Å². The molecule has 1 saturated heterocycles. The predicted molar refractivity (Wildman–Crippen MR) is 73.6 cm³/mol. The number of rotatable bonds is 7. The summed E-state index contributed by atoms with van der Waals surface area (Å²) in [4.78, 5) is 14.5. The van der Waals surface area contributed by atoms with E-state index in [1.807, 2.05) is 0 Å². The van der Waals surface area contributed by atoms with E-state index in [9.17, 15) is 4.79 Å². The normalized spacial score (nSPS) is 18.6. The van der Waals surface area contributed by atoms with E-state index < -0.39 is 0 Å². The molecule has 0 aliphatic carbocycles. The lowest BCUT2D eigenvalue weighted by molar-refractivity contribution is -0.135. The molecule has 1 unspecified atom stereocenters. The fraction of sp³-hybridized carbons (Fsp3) is 0.929. The number of carbonyl (C=O) groups is 1. The van der Waals surface area contributed by atoms with Gasteiger partial charge < -0.3 is 15.0 Å². The summed E-state index contributed by atoms with van der Waals surface area (Å²) < 4.78 is 5.11. The van der Waals surface area contributed by atoms with Crippen LogP contribution >= 0.6 is 0 Å². The van der Waals surface area contributed by atoms with Gasteiger partial charge in [0, 0.05) is 32.7 Å². The Morgan fingerprint density at radius 2 is 2.11 bits per heavy atom. The quantitative estimate of drug-likeness (QED) is 0.753. The van der Waals surface area contributed by atoms with E-state index in [1.54, 1.807) is 7.11 Å². The van der Waals surface area contributed by atoms with Crippen LogP contribution in [0.1, 0.15) is 39.5 Å². The first kappa shape index (κ1) is 15.4. The highest BCUT2D eigenvalue weighted by Crippen LogP contribution is 2.16. The van der Waals surface area contributed by atoms with Gasteiger partial charge in [0.25, 0.3) is 0 Å². The van der Waals surface area contributed by atoms with E-state index in [0.29, 0.717) is 30.9 Å². The lowest BCUT2D eigenvalue weighted by Gasteiger charge is -2.35. The predicted octanol–water partition coefficient (Wildman–Crippen LogP) is 1.65. The maximum absolute atomic E-state index is 12.4. The van der Waals surface area contributed by atoms with Crippen molar-refractivity contribution < 1.29 is 9.53 Å². The van der Waals surface area contributed by atoms with Crippen LogP contribution in [-0.4, -0.2) is 50.2 Å². The zero-order valence-corrected chi connectivity index (χ0v) is 12.1. The van der Waals surface area contributed by atoms with E-state index in [1.165, 1.54) is 0 Å². The van der Waals surface area contributed by atoms with Gasteiger partial charge in [-0.3, -0.25) is 4.79 Å². The third kappa shape index (κ3) is 4.94. The van der Waals surface area contributed by atoms with Crippen molar-refractivity contribution >= 4 is 5.91 Å². The Morgan fingerprint density at radius 1 is 1.44 bits per heavy atom. The number of amides is 1. The van der Waals surface area contributed by atoms with E-state index in [0.717, 1.165) is 38.9 Å². The van der Waals surface area contributed by atoms with Gasteiger partial charge in [-0.1, -0.05) is 13.8 Å². The highest BCUT2D eigenvalue weighted by atomic mass is 16.5. The van der Waals surface area contributed by atoms with Crippen LogP contribution in [0.4, 0.5) is 0 Å². The van der Waals surface area contributed by atoms with Crippen molar-refractivity contribution in [3.05, 3.63) is 0 Å². The molecule has 106 valence electrons. The molecule has 0 radical (unpaired) electrons. The van der Waals surface area contributed by atoms with Crippen molar-refractivity contribution in [2.45, 2.75) is 45.6 Å². The molecule has 1 fully saturated rings. The third-order valence-electron chi connectivity index (χ3n) is 3.51. The number of hydrogen-bond donors (Lipinski definition) is 1. The molecule has 1 aliphatic heterocycles. The molecule has 1 heterocycles. The van der Waals surface area contributed by atoms with Gasteiger partial charge in [-0.2, -0.15) is 0 Å². The molecule has 1 atom stereocenters. The number of hydrogen-bond acceptors (Lipinski definition) is 3. The van der Waals surface area contributed by atoms with E-state index in [-0.39, 0.29) is 0 Å². The number of nitrogens with zero attached hydrogens (tertiary/aromatic N) is 1. The van der Waals surface area contributed by atoms with Gasteiger partial charge in [-0.25, -0.2) is 0 Å². The number of nitrogens with one attached hydrogen (secondary N) is 1. The van der Waals surface area contributed by atoms with Gasteiger partial charge >= 0.3 is 0 Å². The Morgan fingerprint density at radius 3 is 2.67 bits per heavy atom. The fourth-order valence-corrected chi connectivity index (χ4v) is 2.63. The van der Waals surface area contributed by atoms with Crippen LogP contribution in [0.3, 0.4) is 0 Å². The number of piperidine rings is 1. The van der Waals surface area contributed by atoms with Crippen LogP contribution in [0.5, 0.6) is 0 Å². The molecular weight excluding hydrogens is 228 g/mol. The largest absolute Gasteiger partial charge is 0.384 e. The lowest BCUT2D eigenvalue weighted by Crippen LogP contribution is -2.46. The van der Waals surface area contributed by atoms with Crippen LogP contribution in [0.2, 0.25) is 0 Å². The van der Waals surface area contributed by atoms with Gasteiger partial charge in [0.15, 0.2) is 0 Å². The Balaban J connectivity index is 2.50. The van der Waals surface area contributed by atoms with Crippen molar-refractivity contribution in [1.29, 1.82) is 0 Å². The van der Waals surface area contributed by atoms with E-state index in [2.05, 4.69) is 24.1 Å². The first-order valence-corrected chi connectivity index (χ1v) is 7.18. The van der Waals surface area contributed by atoms with Crippen LogP contribution in [0.25, 0.3) is 0 Å². The average molecular weight is 256 g/mol. The summed E-state index contributed by atoms with van der Waals surface area (Å²) in [6.45, 7) is 7.84. The second-order valence-electron chi connectivity index (χ2n) is 5.33. The van der Waals surface area contributed by atoms with E-state index >= 15 is 0 Å². The fourth-order valence-electron chi connectivity index (χ4n) is 2.63. The smallest absolute Gasteiger partial charge is 0.223 e. The highest BCUT2D eigenvalue weighted by Gasteiger charge is 2.25. The first-order chi connectivity index (χ1) is 8.69. The molecular formula is C14H28N2O2. The summed E-state index contributed by atoms with van der Waals surface area (Å²) in [6, 6.07) is 0.438. The van der Waals surface area contributed by atoms with Crippen molar-refractivity contribution in [3.8, 4) is 0 Å². The molecule has 0 bridgehead atoms. The molecule has 4 nitrogen and oxygen atoms in total. The lowest BCUT2D eigenvalue weighted by atomic mass is 10.0. The minimum Gasteiger partial charge on any atom is -0.384 e. The number of carbonyl (C=O) groups excluding carboxylic acids is 1. The summed E-state index contributed by atoms with van der Waals surface area (Å²) in [5.74, 6) is 0.608. The monoisotopic (exact) mass is 256 g/mol. The third-order valence-corrected chi connectivity index (χ3v) is 3.51. The van der Waals surface area contributed by atoms with Gasteiger partial charge in [0.2, 0.25) is 5.91 Å². The van der Waals surface area contributed by atoms with Gasteiger partial charge in [0.1, 0.15) is 0 Å². The van der Waals surface area contributed by atoms with E-state index in [4.69, 9.17) is 4.74 Å². The number of ether oxygens (including phenoxy) is 1. The standard InChI is InChI=1S/C14H28N2O2/c1-4-9-16(13-5-7-15-8-6-13)14(17)10-12(2)11-18-3/h12-13,15H,4-11H2,1-3H3. The molecule has 0 aromatic rings. The van der Waals surface area contributed by atoms with Crippen molar-refractivity contribution in [3.63, 3.8) is 0 Å². The van der Waals surface area contributed by atoms with Gasteiger partial charge in [-0.05, 0) is 38.3 Å². The van der Waals surface area contributed by atoms with Gasteiger partial charge in [0.05, 0.1) is 0 Å². The summed E-state index contributed by atoms with van der Waals surface area (Å²) in [5.41, 5.74) is 0. The Labute approximate surface area is 111 Å². The summed E-state index contributed by atoms with van der Waals surface area (Å²) in [6.07, 6.45) is 3.82. The molecule has 0 aromatic carbocycles. The summed E-state index contributed by atoms with van der Waals surface area (Å²) in [5, 5.41) is 3.35. The zero-order valence-electron chi connectivity index (χ0n) is 12.1. The van der Waals surface area contributed by atoms with Crippen molar-refractivity contribution in [2.75, 3.05) is 33.4 Å². The van der Waals surface area contributed by atoms with Crippen LogP contribution in [0.15, 0.2) is 0 Å². The molecule has 4 heteroatoms. The summed E-state index contributed by atoms with van der Waals surface area (Å²) >= 11 is 0.